The number of esters is 1. The topological polar surface area (TPSA) is 38.3 Å². The lowest BCUT2D eigenvalue weighted by atomic mass is 10.1. The van der Waals surface area contributed by atoms with Crippen LogP contribution in [0.2, 0.25) is 0 Å². The monoisotopic (exact) mass is 397 g/mol. The first-order chi connectivity index (χ1) is 10.6. The zero-order chi connectivity index (χ0) is 15.9. The molecule has 0 aromatic heterocycles. The fourth-order valence-corrected chi connectivity index (χ4v) is 2.81. The van der Waals surface area contributed by atoms with Crippen LogP contribution in [0, 0.1) is 0 Å². The van der Waals surface area contributed by atoms with Crippen molar-refractivity contribution in [2.45, 2.75) is 26.4 Å². The second-order valence-corrected chi connectivity index (χ2v) is 5.90. The van der Waals surface area contributed by atoms with Crippen LogP contribution in [0.1, 0.15) is 41.4 Å². The molecule has 0 heterocycles. The standard InChI is InChI=1S/C18H20BrNO2.ClH/c1-3-22-18(21)15-10-8-14(9-11-15)12-20-13(2)16-6-4-5-7-17(16)19;/h4-11,13,20H,3,12H2,1-2H3;1H/t13-;/m0./s1. The minimum Gasteiger partial charge on any atom is -0.462 e. The van der Waals surface area contributed by atoms with Gasteiger partial charge in [-0.2, -0.15) is 0 Å². The fourth-order valence-electron chi connectivity index (χ4n) is 2.18. The molecule has 1 atom stereocenters. The van der Waals surface area contributed by atoms with Gasteiger partial charge in [-0.15, -0.1) is 12.4 Å². The van der Waals surface area contributed by atoms with Crippen LogP contribution in [0.15, 0.2) is 53.0 Å². The minimum absolute atomic E-state index is 0. The molecule has 2 aromatic rings. The third-order valence-corrected chi connectivity index (χ3v) is 4.17. The zero-order valence-electron chi connectivity index (χ0n) is 13.2. The Kier molecular flexibility index (Phi) is 8.31. The molecule has 0 saturated heterocycles. The normalized spacial score (nSPS) is 11.4. The number of hydrogen-bond acceptors (Lipinski definition) is 3. The van der Waals surface area contributed by atoms with Crippen LogP contribution in [0.3, 0.4) is 0 Å². The Hall–Kier alpha value is -1.36. The van der Waals surface area contributed by atoms with E-state index in [2.05, 4.69) is 34.2 Å². The number of halogens is 2. The van der Waals surface area contributed by atoms with Crippen molar-refractivity contribution in [3.63, 3.8) is 0 Å². The summed E-state index contributed by atoms with van der Waals surface area (Å²) in [5.41, 5.74) is 2.95. The van der Waals surface area contributed by atoms with Crippen molar-refractivity contribution in [2.24, 2.45) is 0 Å². The van der Waals surface area contributed by atoms with Crippen molar-refractivity contribution in [2.75, 3.05) is 6.61 Å². The molecule has 2 aromatic carbocycles. The smallest absolute Gasteiger partial charge is 0.338 e. The summed E-state index contributed by atoms with van der Waals surface area (Å²) in [6.07, 6.45) is 0. The summed E-state index contributed by atoms with van der Waals surface area (Å²) >= 11 is 3.57. The van der Waals surface area contributed by atoms with Crippen LogP contribution in [0.5, 0.6) is 0 Å². The molecule has 0 amide bonds. The van der Waals surface area contributed by atoms with E-state index in [-0.39, 0.29) is 24.4 Å². The summed E-state index contributed by atoms with van der Waals surface area (Å²) in [7, 11) is 0. The lowest BCUT2D eigenvalue weighted by Crippen LogP contribution is -2.18. The first-order valence-electron chi connectivity index (χ1n) is 7.35. The predicted octanol–water partition coefficient (Wildman–Crippen LogP) is 4.90. The van der Waals surface area contributed by atoms with Crippen LogP contribution in [-0.2, 0) is 11.3 Å². The van der Waals surface area contributed by atoms with Crippen LogP contribution in [-0.4, -0.2) is 12.6 Å². The van der Waals surface area contributed by atoms with Crippen molar-refractivity contribution in [1.29, 1.82) is 0 Å². The molecule has 0 bridgehead atoms. The van der Waals surface area contributed by atoms with Crippen LogP contribution >= 0.6 is 28.3 Å². The van der Waals surface area contributed by atoms with Crippen molar-refractivity contribution < 1.29 is 9.53 Å². The van der Waals surface area contributed by atoms with Crippen molar-refractivity contribution in [1.82, 2.24) is 5.32 Å². The maximum absolute atomic E-state index is 11.6. The first kappa shape index (κ1) is 19.7. The van der Waals surface area contributed by atoms with Gasteiger partial charge in [0.2, 0.25) is 0 Å². The molecule has 0 radical (unpaired) electrons. The third kappa shape index (κ3) is 5.65. The van der Waals surface area contributed by atoms with E-state index in [4.69, 9.17) is 4.74 Å². The first-order valence-corrected chi connectivity index (χ1v) is 8.15. The molecule has 124 valence electrons. The molecule has 23 heavy (non-hydrogen) atoms. The van der Waals surface area contributed by atoms with Crippen molar-refractivity contribution in [3.8, 4) is 0 Å². The number of ether oxygens (including phenoxy) is 1. The predicted molar refractivity (Wildman–Crippen MR) is 99.0 cm³/mol. The average molecular weight is 399 g/mol. The summed E-state index contributed by atoms with van der Waals surface area (Å²) in [4.78, 5) is 11.6. The van der Waals surface area contributed by atoms with E-state index in [9.17, 15) is 4.79 Å². The Morgan fingerprint density at radius 2 is 1.83 bits per heavy atom. The molecule has 0 unspecified atom stereocenters. The largest absolute Gasteiger partial charge is 0.462 e. The van der Waals surface area contributed by atoms with Crippen LogP contribution < -0.4 is 5.32 Å². The Labute approximate surface area is 152 Å². The maximum atomic E-state index is 11.6. The average Bonchev–Trinajstić information content (AvgIpc) is 2.54. The van der Waals surface area contributed by atoms with Gasteiger partial charge in [0.05, 0.1) is 12.2 Å². The van der Waals surface area contributed by atoms with Gasteiger partial charge in [-0.3, -0.25) is 0 Å². The van der Waals surface area contributed by atoms with Gasteiger partial charge in [-0.1, -0.05) is 46.3 Å². The molecular formula is C18H21BrClNO2. The highest BCUT2D eigenvalue weighted by Gasteiger charge is 2.09. The van der Waals surface area contributed by atoms with E-state index < -0.39 is 0 Å². The Balaban J connectivity index is 0.00000264. The quantitative estimate of drug-likeness (QED) is 0.703. The number of nitrogens with one attached hydrogen (secondary N) is 1. The van der Waals surface area contributed by atoms with Gasteiger partial charge in [-0.05, 0) is 43.2 Å². The zero-order valence-corrected chi connectivity index (χ0v) is 15.6. The van der Waals surface area contributed by atoms with Gasteiger partial charge in [0.15, 0.2) is 0 Å². The number of rotatable bonds is 6. The Morgan fingerprint density at radius 3 is 2.43 bits per heavy atom. The van der Waals surface area contributed by atoms with Crippen LogP contribution in [0.4, 0.5) is 0 Å². The summed E-state index contributed by atoms with van der Waals surface area (Å²) in [5, 5.41) is 3.48. The van der Waals surface area contributed by atoms with Crippen LogP contribution in [0.25, 0.3) is 0 Å². The van der Waals surface area contributed by atoms with Gasteiger partial charge in [0, 0.05) is 17.1 Å². The number of hydrogen-bond donors (Lipinski definition) is 1. The summed E-state index contributed by atoms with van der Waals surface area (Å²) in [6, 6.07) is 15.9. The summed E-state index contributed by atoms with van der Waals surface area (Å²) in [5.74, 6) is -0.274. The van der Waals surface area contributed by atoms with Gasteiger partial charge in [0.1, 0.15) is 0 Å². The molecule has 2 rings (SSSR count). The molecule has 0 aliphatic carbocycles. The van der Waals surface area contributed by atoms with E-state index in [0.29, 0.717) is 12.2 Å². The van der Waals surface area contributed by atoms with E-state index >= 15 is 0 Å². The number of carbonyl (C=O) groups is 1. The molecule has 0 aliphatic rings. The molecule has 0 saturated carbocycles. The SMILES string of the molecule is CCOC(=O)c1ccc(CN[C@@H](C)c2ccccc2Br)cc1.Cl. The second-order valence-electron chi connectivity index (χ2n) is 5.04. The highest BCUT2D eigenvalue weighted by atomic mass is 79.9. The molecule has 0 fully saturated rings. The van der Waals surface area contributed by atoms with Gasteiger partial charge >= 0.3 is 5.97 Å². The molecule has 1 N–H and O–H groups in total. The van der Waals surface area contributed by atoms with Gasteiger partial charge in [0.25, 0.3) is 0 Å². The Morgan fingerprint density at radius 1 is 1.17 bits per heavy atom. The van der Waals surface area contributed by atoms with E-state index in [1.807, 2.05) is 30.3 Å². The molecular weight excluding hydrogens is 378 g/mol. The minimum atomic E-state index is -0.274. The molecule has 0 spiro atoms. The van der Waals surface area contributed by atoms with E-state index in [1.54, 1.807) is 19.1 Å². The van der Waals surface area contributed by atoms with Gasteiger partial charge in [-0.25, -0.2) is 4.79 Å². The van der Waals surface area contributed by atoms with Crippen molar-refractivity contribution >= 4 is 34.3 Å². The molecule has 5 heteroatoms. The second kappa shape index (κ2) is 9.71. The van der Waals surface area contributed by atoms with Crippen molar-refractivity contribution in [3.05, 3.63) is 69.7 Å². The Bertz CT molecular complexity index is 631. The fraction of sp³-hybridized carbons (Fsp3) is 0.278. The van der Waals surface area contributed by atoms with E-state index in [0.717, 1.165) is 16.6 Å². The third-order valence-electron chi connectivity index (χ3n) is 3.45. The maximum Gasteiger partial charge on any atom is 0.338 e. The molecule has 3 nitrogen and oxygen atoms in total. The summed E-state index contributed by atoms with van der Waals surface area (Å²) < 4.78 is 6.08. The van der Waals surface area contributed by atoms with E-state index in [1.165, 1.54) is 5.56 Å². The van der Waals surface area contributed by atoms with Gasteiger partial charge < -0.3 is 10.1 Å². The molecule has 0 aliphatic heterocycles. The number of carbonyl (C=O) groups excluding carboxylic acids is 1. The summed E-state index contributed by atoms with van der Waals surface area (Å²) in [6.45, 7) is 5.07. The highest BCUT2D eigenvalue weighted by molar-refractivity contribution is 9.10. The number of benzene rings is 2. The lowest BCUT2D eigenvalue weighted by molar-refractivity contribution is 0.0526. The lowest BCUT2D eigenvalue weighted by Gasteiger charge is -2.16. The highest BCUT2D eigenvalue weighted by Crippen LogP contribution is 2.23.